The van der Waals surface area contributed by atoms with Gasteiger partial charge in [0.2, 0.25) is 5.88 Å². The van der Waals surface area contributed by atoms with Crippen molar-refractivity contribution in [2.75, 3.05) is 6.54 Å². The number of aromatic nitrogens is 2. The van der Waals surface area contributed by atoms with Gasteiger partial charge in [-0.1, -0.05) is 48.0 Å². The molecular formula is C19H16ClN3O3. The smallest absolute Gasteiger partial charge is 0.335 e. The summed E-state index contributed by atoms with van der Waals surface area (Å²) in [4.78, 5) is 27.2. The van der Waals surface area contributed by atoms with Crippen LogP contribution in [0.4, 0.5) is 0 Å². The molecule has 2 heterocycles. The Balaban J connectivity index is 1.98. The minimum absolute atomic E-state index is 0.0941. The Morgan fingerprint density at radius 2 is 1.81 bits per heavy atom. The lowest BCUT2D eigenvalue weighted by Gasteiger charge is -2.27. The van der Waals surface area contributed by atoms with Crippen molar-refractivity contribution in [3.63, 3.8) is 0 Å². The molecule has 6 nitrogen and oxygen atoms in total. The average Bonchev–Trinajstić information content (AvgIpc) is 2.63. The van der Waals surface area contributed by atoms with E-state index in [0.717, 1.165) is 22.1 Å². The van der Waals surface area contributed by atoms with Crippen molar-refractivity contribution >= 4 is 11.6 Å². The maximum atomic E-state index is 12.5. The molecule has 0 amide bonds. The Hall–Kier alpha value is -2.83. The zero-order chi connectivity index (χ0) is 18.3. The summed E-state index contributed by atoms with van der Waals surface area (Å²) in [5.41, 5.74) is 1.04. The summed E-state index contributed by atoms with van der Waals surface area (Å²) in [6, 6.07) is 13.9. The molecule has 132 valence electrons. The van der Waals surface area contributed by atoms with Gasteiger partial charge in [0, 0.05) is 6.54 Å². The fourth-order valence-electron chi connectivity index (χ4n) is 3.42. The fourth-order valence-corrected chi connectivity index (χ4v) is 3.64. The zero-order valence-corrected chi connectivity index (χ0v) is 14.5. The molecule has 3 aromatic rings. The molecule has 26 heavy (non-hydrogen) atoms. The number of para-hydroxylation sites is 1. The van der Waals surface area contributed by atoms with Crippen molar-refractivity contribution in [3.8, 4) is 11.6 Å². The van der Waals surface area contributed by atoms with Crippen LogP contribution < -0.4 is 16.6 Å². The molecule has 0 saturated carbocycles. The van der Waals surface area contributed by atoms with Crippen LogP contribution >= 0.6 is 11.6 Å². The molecule has 4 rings (SSSR count). The fraction of sp³-hybridized carbons (Fsp3) is 0.158. The second-order valence-electron chi connectivity index (χ2n) is 6.12. The van der Waals surface area contributed by atoms with E-state index in [1.54, 1.807) is 24.3 Å². The van der Waals surface area contributed by atoms with Crippen molar-refractivity contribution in [1.82, 2.24) is 14.9 Å². The van der Waals surface area contributed by atoms with Gasteiger partial charge in [-0.15, -0.1) is 0 Å². The molecule has 0 aliphatic carbocycles. The van der Waals surface area contributed by atoms with Gasteiger partial charge in [-0.3, -0.25) is 9.78 Å². The van der Waals surface area contributed by atoms with E-state index in [0.29, 0.717) is 17.3 Å². The largest absolute Gasteiger partial charge is 0.494 e. The number of aromatic amines is 1. The van der Waals surface area contributed by atoms with Crippen LogP contribution in [0.2, 0.25) is 5.02 Å². The summed E-state index contributed by atoms with van der Waals surface area (Å²) in [5.74, 6) is -0.416. The molecule has 0 bridgehead atoms. The summed E-state index contributed by atoms with van der Waals surface area (Å²) < 4.78 is 1.03. The standard InChI is InChI=1S/C19H16ClN3O3/c20-13-7-3-4-8-14(13)23-18(25)15(17(24)22-19(23)26)16-12-6-2-1-5-11(12)9-10-21-16/h1-8,16,21,25H,9-10H2,(H,22,24,26)/t16-/m0/s1. The number of rotatable bonds is 2. The summed E-state index contributed by atoms with van der Waals surface area (Å²) in [7, 11) is 0. The van der Waals surface area contributed by atoms with Gasteiger partial charge in [-0.2, -0.15) is 0 Å². The molecule has 0 saturated heterocycles. The third-order valence-corrected chi connectivity index (χ3v) is 4.93. The number of halogens is 1. The highest BCUT2D eigenvalue weighted by atomic mass is 35.5. The summed E-state index contributed by atoms with van der Waals surface area (Å²) in [6.45, 7) is 0.659. The van der Waals surface area contributed by atoms with Crippen LogP contribution in [-0.4, -0.2) is 21.2 Å². The van der Waals surface area contributed by atoms with Gasteiger partial charge in [-0.05, 0) is 29.7 Å². The first-order chi connectivity index (χ1) is 12.6. The molecule has 2 aromatic carbocycles. The summed E-state index contributed by atoms with van der Waals surface area (Å²) in [5, 5.41) is 14.4. The number of hydrogen-bond donors (Lipinski definition) is 3. The van der Waals surface area contributed by atoms with E-state index in [1.807, 2.05) is 24.3 Å². The lowest BCUT2D eigenvalue weighted by Crippen LogP contribution is -2.38. The predicted molar refractivity (Wildman–Crippen MR) is 99.3 cm³/mol. The van der Waals surface area contributed by atoms with Gasteiger partial charge < -0.3 is 10.4 Å². The van der Waals surface area contributed by atoms with Gasteiger partial charge in [0.15, 0.2) is 0 Å². The van der Waals surface area contributed by atoms with Crippen LogP contribution in [-0.2, 0) is 6.42 Å². The van der Waals surface area contributed by atoms with E-state index in [9.17, 15) is 14.7 Å². The van der Waals surface area contributed by atoms with E-state index in [-0.39, 0.29) is 5.56 Å². The number of benzene rings is 2. The maximum absolute atomic E-state index is 12.5. The van der Waals surface area contributed by atoms with Crippen molar-refractivity contribution in [2.24, 2.45) is 0 Å². The Labute approximate surface area is 153 Å². The van der Waals surface area contributed by atoms with Crippen LogP contribution in [0.25, 0.3) is 5.69 Å². The normalized spacial score (nSPS) is 16.3. The molecular weight excluding hydrogens is 354 g/mol. The number of hydrogen-bond acceptors (Lipinski definition) is 4. The van der Waals surface area contributed by atoms with Crippen molar-refractivity contribution in [1.29, 1.82) is 0 Å². The molecule has 1 aliphatic rings. The summed E-state index contributed by atoms with van der Waals surface area (Å²) >= 11 is 6.18. The van der Waals surface area contributed by atoms with Crippen molar-refractivity contribution in [3.05, 3.63) is 91.1 Å². The Bertz CT molecular complexity index is 1100. The first-order valence-electron chi connectivity index (χ1n) is 8.22. The molecule has 0 spiro atoms. The highest BCUT2D eigenvalue weighted by molar-refractivity contribution is 6.32. The van der Waals surface area contributed by atoms with Crippen molar-refractivity contribution < 1.29 is 5.11 Å². The summed E-state index contributed by atoms with van der Waals surface area (Å²) in [6.07, 6.45) is 0.829. The average molecular weight is 370 g/mol. The molecule has 3 N–H and O–H groups in total. The van der Waals surface area contributed by atoms with Crippen LogP contribution in [0, 0.1) is 0 Å². The van der Waals surface area contributed by atoms with E-state index in [4.69, 9.17) is 11.6 Å². The Kier molecular flexibility index (Phi) is 4.14. The first-order valence-corrected chi connectivity index (χ1v) is 8.60. The van der Waals surface area contributed by atoms with Crippen LogP contribution in [0.15, 0.2) is 58.1 Å². The second-order valence-corrected chi connectivity index (χ2v) is 6.53. The van der Waals surface area contributed by atoms with Crippen LogP contribution in [0.3, 0.4) is 0 Å². The van der Waals surface area contributed by atoms with Gasteiger partial charge in [0.25, 0.3) is 5.56 Å². The maximum Gasteiger partial charge on any atom is 0.335 e. The van der Waals surface area contributed by atoms with Crippen LogP contribution in [0.5, 0.6) is 5.88 Å². The molecule has 7 heteroatoms. The van der Waals surface area contributed by atoms with E-state index in [1.165, 1.54) is 0 Å². The minimum atomic E-state index is -0.742. The quantitative estimate of drug-likeness (QED) is 0.645. The number of aromatic hydroxyl groups is 1. The van der Waals surface area contributed by atoms with Crippen LogP contribution in [0.1, 0.15) is 22.7 Å². The SMILES string of the molecule is O=c1[nH]c(=O)n(-c2ccccc2Cl)c(O)c1[C@H]1NCCc2ccccc21. The highest BCUT2D eigenvalue weighted by Gasteiger charge is 2.28. The number of nitrogens with one attached hydrogen (secondary N) is 2. The van der Waals surface area contributed by atoms with Gasteiger partial charge >= 0.3 is 5.69 Å². The molecule has 0 unspecified atom stereocenters. The lowest BCUT2D eigenvalue weighted by molar-refractivity contribution is 0.410. The van der Waals surface area contributed by atoms with Gasteiger partial charge in [0.05, 0.1) is 22.3 Å². The van der Waals surface area contributed by atoms with Gasteiger partial charge in [-0.25, -0.2) is 9.36 Å². The third-order valence-electron chi connectivity index (χ3n) is 4.61. The van der Waals surface area contributed by atoms with E-state index >= 15 is 0 Å². The molecule has 0 fully saturated rings. The van der Waals surface area contributed by atoms with E-state index in [2.05, 4.69) is 10.3 Å². The third kappa shape index (κ3) is 2.64. The zero-order valence-electron chi connectivity index (χ0n) is 13.7. The van der Waals surface area contributed by atoms with Gasteiger partial charge in [0.1, 0.15) is 0 Å². The topological polar surface area (TPSA) is 87.1 Å². The Morgan fingerprint density at radius 1 is 1.08 bits per heavy atom. The number of H-pyrrole nitrogens is 1. The monoisotopic (exact) mass is 369 g/mol. The number of fused-ring (bicyclic) bond motifs is 1. The minimum Gasteiger partial charge on any atom is -0.494 e. The second kappa shape index (κ2) is 6.48. The first kappa shape index (κ1) is 16.6. The molecule has 0 radical (unpaired) electrons. The molecule has 1 aliphatic heterocycles. The highest BCUT2D eigenvalue weighted by Crippen LogP contribution is 2.32. The van der Waals surface area contributed by atoms with Crippen molar-refractivity contribution in [2.45, 2.75) is 12.5 Å². The molecule has 1 atom stereocenters. The van der Waals surface area contributed by atoms with E-state index < -0.39 is 23.2 Å². The predicted octanol–water partition coefficient (Wildman–Crippen LogP) is 2.12. The Morgan fingerprint density at radius 3 is 2.62 bits per heavy atom. The number of nitrogens with zero attached hydrogens (tertiary/aromatic N) is 1. The lowest BCUT2D eigenvalue weighted by atomic mass is 9.90. The molecule has 1 aromatic heterocycles.